The van der Waals surface area contributed by atoms with Gasteiger partial charge in [0.1, 0.15) is 17.0 Å². The van der Waals surface area contributed by atoms with Crippen molar-refractivity contribution < 1.29 is 14.3 Å². The molecule has 32 heavy (non-hydrogen) atoms. The van der Waals surface area contributed by atoms with Crippen molar-refractivity contribution in [3.8, 4) is 28.1 Å². The average molecular weight is 425 g/mol. The Morgan fingerprint density at radius 3 is 2.12 bits per heavy atom. The van der Waals surface area contributed by atoms with Gasteiger partial charge in [0.2, 0.25) is 0 Å². The highest BCUT2D eigenvalue weighted by atomic mass is 16.5. The second-order valence-electron chi connectivity index (χ2n) is 6.93. The molecule has 0 fully saturated rings. The summed E-state index contributed by atoms with van der Waals surface area (Å²) in [5.41, 5.74) is 3.94. The molecule has 0 aliphatic carbocycles. The number of hydrogen-bond acceptors (Lipinski definition) is 6. The summed E-state index contributed by atoms with van der Waals surface area (Å²) in [6.07, 6.45) is 0. The maximum atomic E-state index is 13.2. The van der Waals surface area contributed by atoms with Crippen molar-refractivity contribution in [3.05, 3.63) is 90.5 Å². The lowest BCUT2D eigenvalue weighted by Crippen LogP contribution is -2.14. The van der Waals surface area contributed by atoms with Crippen LogP contribution in [0, 0.1) is 0 Å². The number of nitrogens with zero attached hydrogens (tertiary/aromatic N) is 2. The summed E-state index contributed by atoms with van der Waals surface area (Å²) < 4.78 is 10.9. The molecular formula is C26H23N3O3. The molecular weight excluding hydrogens is 402 g/mol. The Bertz CT molecular complexity index is 1210. The summed E-state index contributed by atoms with van der Waals surface area (Å²) in [6, 6.07) is 26.8. The minimum Gasteiger partial charge on any atom is -0.495 e. The first-order valence-electron chi connectivity index (χ1n) is 10.3. The van der Waals surface area contributed by atoms with Gasteiger partial charge in [0.05, 0.1) is 19.4 Å². The second-order valence-corrected chi connectivity index (χ2v) is 6.93. The molecule has 160 valence electrons. The lowest BCUT2D eigenvalue weighted by atomic mass is 9.95. The molecule has 0 aliphatic heterocycles. The van der Waals surface area contributed by atoms with E-state index in [9.17, 15) is 4.79 Å². The van der Waals surface area contributed by atoms with Crippen LogP contribution in [-0.2, 0) is 4.74 Å². The average Bonchev–Trinajstić information content (AvgIpc) is 2.85. The summed E-state index contributed by atoms with van der Waals surface area (Å²) in [5, 5.41) is 12.1. The molecule has 1 heterocycles. The molecule has 6 heteroatoms. The molecule has 3 aromatic carbocycles. The zero-order valence-corrected chi connectivity index (χ0v) is 17.9. The van der Waals surface area contributed by atoms with Gasteiger partial charge < -0.3 is 14.8 Å². The van der Waals surface area contributed by atoms with Gasteiger partial charge in [0.25, 0.3) is 0 Å². The summed E-state index contributed by atoms with van der Waals surface area (Å²) in [5.74, 6) is 0.444. The molecule has 0 unspecified atom stereocenters. The number of nitrogens with one attached hydrogen (secondary N) is 1. The third kappa shape index (κ3) is 4.30. The maximum Gasteiger partial charge on any atom is 0.342 e. The van der Waals surface area contributed by atoms with Gasteiger partial charge in [-0.1, -0.05) is 72.8 Å². The summed E-state index contributed by atoms with van der Waals surface area (Å²) in [7, 11) is 1.59. The van der Waals surface area contributed by atoms with E-state index in [-0.39, 0.29) is 6.61 Å². The Hall–Kier alpha value is -4.19. The molecule has 4 aromatic rings. The lowest BCUT2D eigenvalue weighted by molar-refractivity contribution is 0.0528. The number of esters is 1. The highest BCUT2D eigenvalue weighted by Gasteiger charge is 2.26. The van der Waals surface area contributed by atoms with E-state index in [2.05, 4.69) is 15.5 Å². The molecule has 4 rings (SSSR count). The normalized spacial score (nSPS) is 10.4. The predicted octanol–water partition coefficient (Wildman–Crippen LogP) is 5.74. The first kappa shape index (κ1) is 21.1. The van der Waals surface area contributed by atoms with Crippen LogP contribution in [0.25, 0.3) is 22.4 Å². The molecule has 6 nitrogen and oxygen atoms in total. The number of ether oxygens (including phenoxy) is 2. The molecule has 0 bridgehead atoms. The van der Waals surface area contributed by atoms with E-state index in [0.717, 1.165) is 11.1 Å². The van der Waals surface area contributed by atoms with Crippen molar-refractivity contribution in [2.45, 2.75) is 6.92 Å². The second kappa shape index (κ2) is 9.75. The Morgan fingerprint density at radius 1 is 0.844 bits per heavy atom. The smallest absolute Gasteiger partial charge is 0.342 e. The van der Waals surface area contributed by atoms with Gasteiger partial charge in [0.15, 0.2) is 5.82 Å². The molecule has 0 spiro atoms. The van der Waals surface area contributed by atoms with Crippen LogP contribution in [0.2, 0.25) is 0 Å². The quantitative estimate of drug-likeness (QED) is 0.381. The number of para-hydroxylation sites is 2. The van der Waals surface area contributed by atoms with Crippen LogP contribution in [0.15, 0.2) is 84.9 Å². The first-order valence-corrected chi connectivity index (χ1v) is 10.3. The summed E-state index contributed by atoms with van der Waals surface area (Å²) in [6.45, 7) is 2.02. The fourth-order valence-corrected chi connectivity index (χ4v) is 3.49. The molecule has 1 aromatic heterocycles. The Balaban J connectivity index is 1.98. The molecule has 0 saturated carbocycles. The number of anilines is 2. The summed E-state index contributed by atoms with van der Waals surface area (Å²) >= 11 is 0. The molecule has 0 atom stereocenters. The van der Waals surface area contributed by atoms with Crippen LogP contribution in [-0.4, -0.2) is 29.9 Å². The van der Waals surface area contributed by atoms with Crippen molar-refractivity contribution >= 4 is 17.5 Å². The summed E-state index contributed by atoms with van der Waals surface area (Å²) in [4.78, 5) is 13.2. The van der Waals surface area contributed by atoms with Crippen LogP contribution in [0.3, 0.4) is 0 Å². The number of rotatable bonds is 7. The Morgan fingerprint density at radius 2 is 1.47 bits per heavy atom. The highest BCUT2D eigenvalue weighted by molar-refractivity contribution is 6.05. The molecule has 0 amide bonds. The molecule has 0 aliphatic rings. The van der Waals surface area contributed by atoms with Gasteiger partial charge >= 0.3 is 5.97 Å². The molecule has 0 saturated heterocycles. The maximum absolute atomic E-state index is 13.2. The van der Waals surface area contributed by atoms with E-state index < -0.39 is 5.97 Å². The number of benzene rings is 3. The van der Waals surface area contributed by atoms with Crippen LogP contribution in [0.4, 0.5) is 11.5 Å². The third-order valence-corrected chi connectivity index (χ3v) is 4.92. The minimum absolute atomic E-state index is 0.240. The highest BCUT2D eigenvalue weighted by Crippen LogP contribution is 2.38. The van der Waals surface area contributed by atoms with Gasteiger partial charge in [-0.2, -0.15) is 0 Å². The number of methoxy groups -OCH3 is 1. The van der Waals surface area contributed by atoms with E-state index in [0.29, 0.717) is 34.1 Å². The SMILES string of the molecule is CCOC(=O)c1c(Nc2ccccc2OC)nnc(-c2ccccc2)c1-c1ccccc1. The fraction of sp³-hybridized carbons (Fsp3) is 0.115. The van der Waals surface area contributed by atoms with Crippen molar-refractivity contribution in [1.29, 1.82) is 0 Å². The fourth-order valence-electron chi connectivity index (χ4n) is 3.49. The van der Waals surface area contributed by atoms with Crippen molar-refractivity contribution in [1.82, 2.24) is 10.2 Å². The van der Waals surface area contributed by atoms with E-state index >= 15 is 0 Å². The van der Waals surface area contributed by atoms with Crippen molar-refractivity contribution in [3.63, 3.8) is 0 Å². The van der Waals surface area contributed by atoms with Crippen LogP contribution in [0.5, 0.6) is 5.75 Å². The Labute approximate surface area is 186 Å². The number of aromatic nitrogens is 2. The zero-order chi connectivity index (χ0) is 22.3. The van der Waals surface area contributed by atoms with Gasteiger partial charge in [-0.05, 0) is 24.6 Å². The monoisotopic (exact) mass is 425 g/mol. The predicted molar refractivity (Wildman–Crippen MR) is 125 cm³/mol. The lowest BCUT2D eigenvalue weighted by Gasteiger charge is -2.18. The van der Waals surface area contributed by atoms with Gasteiger partial charge in [0, 0.05) is 11.1 Å². The van der Waals surface area contributed by atoms with E-state index in [1.54, 1.807) is 14.0 Å². The standard InChI is InChI=1S/C26H23N3O3/c1-3-32-26(30)23-22(18-12-6-4-7-13-18)24(19-14-8-5-9-15-19)28-29-25(23)27-20-16-10-11-17-21(20)31-2/h4-17H,3H2,1-2H3,(H,27,29). The Kier molecular flexibility index (Phi) is 6.41. The van der Waals surface area contributed by atoms with Crippen LogP contribution in [0.1, 0.15) is 17.3 Å². The van der Waals surface area contributed by atoms with Crippen LogP contribution >= 0.6 is 0 Å². The van der Waals surface area contributed by atoms with Crippen molar-refractivity contribution in [2.24, 2.45) is 0 Å². The van der Waals surface area contributed by atoms with E-state index in [1.807, 2.05) is 84.9 Å². The van der Waals surface area contributed by atoms with Gasteiger partial charge in [-0.15, -0.1) is 10.2 Å². The number of carbonyl (C=O) groups excluding carboxylic acids is 1. The minimum atomic E-state index is -0.476. The number of hydrogen-bond donors (Lipinski definition) is 1. The topological polar surface area (TPSA) is 73.3 Å². The third-order valence-electron chi connectivity index (χ3n) is 4.92. The molecule has 1 N–H and O–H groups in total. The molecule has 0 radical (unpaired) electrons. The van der Waals surface area contributed by atoms with Gasteiger partial charge in [-0.3, -0.25) is 0 Å². The zero-order valence-electron chi connectivity index (χ0n) is 17.9. The van der Waals surface area contributed by atoms with E-state index in [1.165, 1.54) is 0 Å². The van der Waals surface area contributed by atoms with Gasteiger partial charge in [-0.25, -0.2) is 4.79 Å². The number of carbonyl (C=O) groups is 1. The first-order chi connectivity index (χ1) is 15.7. The van der Waals surface area contributed by atoms with Crippen molar-refractivity contribution in [2.75, 3.05) is 19.0 Å². The largest absolute Gasteiger partial charge is 0.495 e. The van der Waals surface area contributed by atoms with E-state index in [4.69, 9.17) is 9.47 Å². The van der Waals surface area contributed by atoms with Crippen LogP contribution < -0.4 is 10.1 Å².